The number of carbonyl (C=O) groups excluding carboxylic acids is 1. The summed E-state index contributed by atoms with van der Waals surface area (Å²) in [5, 5.41) is 0. The third-order valence-corrected chi connectivity index (χ3v) is 5.98. The molecule has 0 radical (unpaired) electrons. The number of hydrogen-bond donors (Lipinski definition) is 0. The summed E-state index contributed by atoms with van der Waals surface area (Å²) < 4.78 is 5.90. The number of aryl methyl sites for hydroxylation is 1. The van der Waals surface area contributed by atoms with Gasteiger partial charge in [-0.05, 0) is 62.5 Å². The average molecular weight is 383 g/mol. The van der Waals surface area contributed by atoms with Gasteiger partial charge < -0.3 is 14.2 Å². The Labute approximate surface area is 167 Å². The van der Waals surface area contributed by atoms with Gasteiger partial charge >= 0.3 is 0 Å². The minimum Gasteiger partial charge on any atom is -0.455 e. The lowest BCUT2D eigenvalue weighted by molar-refractivity contribution is 0.0709. The molecule has 0 atom stereocenters. The molecule has 4 rings (SSSR count). The van der Waals surface area contributed by atoms with Crippen molar-refractivity contribution in [1.29, 1.82) is 0 Å². The first kappa shape index (κ1) is 19.0. The van der Waals surface area contributed by atoms with Gasteiger partial charge in [0.2, 0.25) is 0 Å². The molecule has 6 nitrogen and oxygen atoms in total. The van der Waals surface area contributed by atoms with Crippen LogP contribution in [0.1, 0.15) is 41.6 Å². The number of likely N-dealkylation sites (tertiary alicyclic amines) is 1. The van der Waals surface area contributed by atoms with Crippen molar-refractivity contribution in [1.82, 2.24) is 14.8 Å². The fraction of sp³-hybridized carbons (Fsp3) is 0.545. The summed E-state index contributed by atoms with van der Waals surface area (Å²) in [5.74, 6) is 3.18. The largest absolute Gasteiger partial charge is 0.455 e. The zero-order chi connectivity index (χ0) is 19.5. The monoisotopic (exact) mass is 382 g/mol. The van der Waals surface area contributed by atoms with E-state index < -0.39 is 0 Å². The van der Waals surface area contributed by atoms with Gasteiger partial charge in [0.15, 0.2) is 5.76 Å². The van der Waals surface area contributed by atoms with Crippen LogP contribution in [0.15, 0.2) is 34.9 Å². The molecule has 2 fully saturated rings. The maximum atomic E-state index is 12.8. The van der Waals surface area contributed by atoms with Crippen molar-refractivity contribution in [3.8, 4) is 0 Å². The van der Waals surface area contributed by atoms with E-state index in [1.807, 2.05) is 29.3 Å². The van der Waals surface area contributed by atoms with Crippen LogP contribution < -0.4 is 4.90 Å². The van der Waals surface area contributed by atoms with Gasteiger partial charge in [0.25, 0.3) is 5.91 Å². The Morgan fingerprint density at radius 1 is 1.11 bits per heavy atom. The molecule has 0 aliphatic carbocycles. The van der Waals surface area contributed by atoms with Crippen LogP contribution in [0.25, 0.3) is 0 Å². The van der Waals surface area contributed by atoms with Crippen molar-refractivity contribution >= 4 is 11.7 Å². The van der Waals surface area contributed by atoms with Gasteiger partial charge in [0.1, 0.15) is 11.6 Å². The molecule has 0 N–H and O–H groups in total. The number of piperidine rings is 1. The van der Waals surface area contributed by atoms with E-state index in [2.05, 4.69) is 34.7 Å². The van der Waals surface area contributed by atoms with Crippen molar-refractivity contribution in [2.75, 3.05) is 44.2 Å². The topological polar surface area (TPSA) is 52.8 Å². The molecular formula is C22H30N4O2. The molecule has 2 saturated heterocycles. The molecule has 28 heavy (non-hydrogen) atoms. The molecule has 2 aromatic rings. The summed E-state index contributed by atoms with van der Waals surface area (Å²) in [6.45, 7) is 10.4. The number of amides is 1. The predicted octanol–water partition coefficient (Wildman–Crippen LogP) is 3.18. The van der Waals surface area contributed by atoms with E-state index in [1.165, 1.54) is 18.4 Å². The number of furan rings is 1. The zero-order valence-corrected chi connectivity index (χ0v) is 16.9. The minimum absolute atomic E-state index is 0.00379. The summed E-state index contributed by atoms with van der Waals surface area (Å²) >= 11 is 0. The fourth-order valence-electron chi connectivity index (χ4n) is 4.10. The van der Waals surface area contributed by atoms with Gasteiger partial charge in [0.05, 0.1) is 6.54 Å². The SMILES string of the molecule is Cc1cccnc1N1CCN(C(=O)c2ccc(CN3CCC(C)CC3)o2)CC1. The highest BCUT2D eigenvalue weighted by atomic mass is 16.4. The van der Waals surface area contributed by atoms with E-state index in [0.29, 0.717) is 18.8 Å². The number of aromatic nitrogens is 1. The molecule has 2 aliphatic heterocycles. The second-order valence-electron chi connectivity index (χ2n) is 8.15. The Bertz CT molecular complexity index is 802. The lowest BCUT2D eigenvalue weighted by atomic mass is 9.99. The molecule has 0 bridgehead atoms. The van der Waals surface area contributed by atoms with Crippen LogP contribution in [0.3, 0.4) is 0 Å². The van der Waals surface area contributed by atoms with Gasteiger partial charge in [-0.15, -0.1) is 0 Å². The number of nitrogens with zero attached hydrogens (tertiary/aromatic N) is 4. The number of anilines is 1. The normalized spacial score (nSPS) is 19.2. The number of pyridine rings is 1. The Balaban J connectivity index is 1.32. The number of rotatable bonds is 4. The Morgan fingerprint density at radius 3 is 2.57 bits per heavy atom. The predicted molar refractivity (Wildman–Crippen MR) is 109 cm³/mol. The van der Waals surface area contributed by atoms with Crippen LogP contribution in [0.2, 0.25) is 0 Å². The molecule has 0 spiro atoms. The van der Waals surface area contributed by atoms with Crippen molar-refractivity contribution in [3.05, 3.63) is 47.5 Å². The van der Waals surface area contributed by atoms with E-state index in [9.17, 15) is 4.79 Å². The van der Waals surface area contributed by atoms with Crippen LogP contribution in [0, 0.1) is 12.8 Å². The molecular weight excluding hydrogens is 352 g/mol. The highest BCUT2D eigenvalue weighted by Crippen LogP contribution is 2.21. The number of piperazine rings is 1. The molecule has 4 heterocycles. The maximum Gasteiger partial charge on any atom is 0.289 e. The van der Waals surface area contributed by atoms with Crippen molar-refractivity contribution < 1.29 is 9.21 Å². The molecule has 0 aromatic carbocycles. The van der Waals surface area contributed by atoms with E-state index in [0.717, 1.165) is 50.2 Å². The van der Waals surface area contributed by atoms with E-state index >= 15 is 0 Å². The summed E-state index contributed by atoms with van der Waals surface area (Å²) in [7, 11) is 0. The van der Waals surface area contributed by atoms with Crippen molar-refractivity contribution in [2.24, 2.45) is 5.92 Å². The first-order chi connectivity index (χ1) is 13.6. The smallest absolute Gasteiger partial charge is 0.289 e. The minimum atomic E-state index is -0.00379. The van der Waals surface area contributed by atoms with Crippen LogP contribution >= 0.6 is 0 Å². The van der Waals surface area contributed by atoms with Crippen LogP contribution in [-0.4, -0.2) is 60.0 Å². The first-order valence-electron chi connectivity index (χ1n) is 10.4. The second-order valence-corrected chi connectivity index (χ2v) is 8.15. The first-order valence-corrected chi connectivity index (χ1v) is 10.4. The molecule has 0 unspecified atom stereocenters. The third kappa shape index (κ3) is 4.22. The Morgan fingerprint density at radius 2 is 1.86 bits per heavy atom. The van der Waals surface area contributed by atoms with Gasteiger partial charge in [-0.1, -0.05) is 13.0 Å². The molecule has 1 amide bonds. The van der Waals surface area contributed by atoms with Gasteiger partial charge in [-0.2, -0.15) is 0 Å². The quantitative estimate of drug-likeness (QED) is 0.813. The maximum absolute atomic E-state index is 12.8. The molecule has 0 saturated carbocycles. The highest BCUT2D eigenvalue weighted by Gasteiger charge is 2.26. The Kier molecular flexibility index (Phi) is 5.67. The summed E-state index contributed by atoms with van der Waals surface area (Å²) in [6.07, 6.45) is 4.31. The van der Waals surface area contributed by atoms with Gasteiger partial charge in [-0.25, -0.2) is 4.98 Å². The lowest BCUT2D eigenvalue weighted by Gasteiger charge is -2.35. The average Bonchev–Trinajstić information content (AvgIpc) is 3.18. The standard InChI is InChI=1S/C22H30N4O2/c1-17-7-10-24(11-8-17)16-19-5-6-20(28-19)22(27)26-14-12-25(13-15-26)21-18(2)4-3-9-23-21/h3-6,9,17H,7-8,10-16H2,1-2H3. The molecule has 150 valence electrons. The van der Waals surface area contributed by atoms with Crippen LogP contribution in [0.5, 0.6) is 0 Å². The lowest BCUT2D eigenvalue weighted by Crippen LogP contribution is -2.49. The molecule has 2 aliphatic rings. The third-order valence-electron chi connectivity index (χ3n) is 5.98. The van der Waals surface area contributed by atoms with Gasteiger partial charge in [-0.3, -0.25) is 9.69 Å². The fourth-order valence-corrected chi connectivity index (χ4v) is 4.10. The van der Waals surface area contributed by atoms with Crippen molar-refractivity contribution in [2.45, 2.75) is 33.2 Å². The van der Waals surface area contributed by atoms with Crippen LogP contribution in [-0.2, 0) is 6.54 Å². The summed E-state index contributed by atoms with van der Waals surface area (Å²) in [6, 6.07) is 7.82. The van der Waals surface area contributed by atoms with Gasteiger partial charge in [0, 0.05) is 32.4 Å². The number of hydrogen-bond acceptors (Lipinski definition) is 5. The number of carbonyl (C=O) groups is 1. The van der Waals surface area contributed by atoms with E-state index in [-0.39, 0.29) is 5.91 Å². The molecule has 6 heteroatoms. The van der Waals surface area contributed by atoms with Crippen LogP contribution in [0.4, 0.5) is 5.82 Å². The summed E-state index contributed by atoms with van der Waals surface area (Å²) in [5.41, 5.74) is 1.17. The Hall–Kier alpha value is -2.34. The van der Waals surface area contributed by atoms with E-state index in [4.69, 9.17) is 4.42 Å². The zero-order valence-electron chi connectivity index (χ0n) is 16.9. The van der Waals surface area contributed by atoms with Crippen molar-refractivity contribution in [3.63, 3.8) is 0 Å². The second kappa shape index (κ2) is 8.35. The highest BCUT2D eigenvalue weighted by molar-refractivity contribution is 5.91. The molecule has 2 aromatic heterocycles. The van der Waals surface area contributed by atoms with E-state index in [1.54, 1.807) is 0 Å². The summed E-state index contributed by atoms with van der Waals surface area (Å²) in [4.78, 5) is 23.9.